The first kappa shape index (κ1) is 12.3. The number of nitrogens with two attached hydrogens (primary N) is 1. The number of aliphatic hydroxyl groups excluding tert-OH is 2. The Morgan fingerprint density at radius 2 is 2.00 bits per heavy atom. The number of carbonyl (C=O) groups is 1. The molecule has 0 bridgehead atoms. The molecule has 0 spiro atoms. The third kappa shape index (κ3) is 2.11. The standard InChI is InChI=1S/C12H11NO5/c13-12(17)11(16)10(15)6-1-2-9-7(5-6)8(14)3-4-18-9/h1-5,10-11,15-16H,(H2,13,17). The van der Waals surface area contributed by atoms with Gasteiger partial charge in [-0.05, 0) is 17.7 Å². The molecule has 0 saturated heterocycles. The molecule has 6 heteroatoms. The number of hydrogen-bond acceptors (Lipinski definition) is 5. The molecule has 94 valence electrons. The molecule has 18 heavy (non-hydrogen) atoms. The van der Waals surface area contributed by atoms with Gasteiger partial charge in [0.15, 0.2) is 11.5 Å². The van der Waals surface area contributed by atoms with Crippen LogP contribution in [-0.2, 0) is 4.79 Å². The van der Waals surface area contributed by atoms with Crippen LogP contribution in [0.25, 0.3) is 11.0 Å². The van der Waals surface area contributed by atoms with Crippen LogP contribution < -0.4 is 11.2 Å². The molecule has 0 saturated carbocycles. The molecule has 1 heterocycles. The van der Waals surface area contributed by atoms with Gasteiger partial charge >= 0.3 is 0 Å². The molecule has 4 N–H and O–H groups in total. The van der Waals surface area contributed by atoms with Gasteiger partial charge in [0.05, 0.1) is 11.6 Å². The van der Waals surface area contributed by atoms with Crippen molar-refractivity contribution >= 4 is 16.9 Å². The SMILES string of the molecule is NC(=O)C(O)C(O)c1ccc2occc(=O)c2c1. The molecule has 6 nitrogen and oxygen atoms in total. The second-order valence-corrected chi connectivity index (χ2v) is 3.83. The largest absolute Gasteiger partial charge is 0.464 e. The van der Waals surface area contributed by atoms with E-state index in [-0.39, 0.29) is 16.4 Å². The molecule has 1 aromatic carbocycles. The maximum absolute atomic E-state index is 11.6. The number of primary amides is 1. The van der Waals surface area contributed by atoms with E-state index in [1.54, 1.807) is 0 Å². The lowest BCUT2D eigenvalue weighted by Crippen LogP contribution is -2.33. The molecule has 0 aliphatic rings. The highest BCUT2D eigenvalue weighted by atomic mass is 16.3. The van der Waals surface area contributed by atoms with Crippen molar-refractivity contribution in [2.45, 2.75) is 12.2 Å². The highest BCUT2D eigenvalue weighted by Crippen LogP contribution is 2.20. The summed E-state index contributed by atoms with van der Waals surface area (Å²) in [4.78, 5) is 22.3. The van der Waals surface area contributed by atoms with E-state index in [1.807, 2.05) is 0 Å². The van der Waals surface area contributed by atoms with Gasteiger partial charge in [-0.2, -0.15) is 0 Å². The number of benzene rings is 1. The van der Waals surface area contributed by atoms with Crippen molar-refractivity contribution in [3.63, 3.8) is 0 Å². The monoisotopic (exact) mass is 249 g/mol. The van der Waals surface area contributed by atoms with Crippen molar-refractivity contribution < 1.29 is 19.4 Å². The van der Waals surface area contributed by atoms with Gasteiger partial charge in [0.2, 0.25) is 5.91 Å². The minimum atomic E-state index is -1.72. The Balaban J connectivity index is 2.50. The Morgan fingerprint density at radius 1 is 1.28 bits per heavy atom. The van der Waals surface area contributed by atoms with Crippen molar-refractivity contribution in [2.24, 2.45) is 5.73 Å². The maximum atomic E-state index is 11.6. The quantitative estimate of drug-likeness (QED) is 0.689. The van der Waals surface area contributed by atoms with E-state index in [4.69, 9.17) is 10.2 Å². The predicted molar refractivity (Wildman–Crippen MR) is 62.6 cm³/mol. The zero-order valence-electron chi connectivity index (χ0n) is 9.24. The average molecular weight is 249 g/mol. The minimum Gasteiger partial charge on any atom is -0.464 e. The molecule has 0 fully saturated rings. The first-order valence-electron chi connectivity index (χ1n) is 5.17. The fraction of sp³-hybridized carbons (Fsp3) is 0.167. The second-order valence-electron chi connectivity index (χ2n) is 3.83. The number of rotatable bonds is 3. The zero-order valence-corrected chi connectivity index (χ0v) is 9.24. The van der Waals surface area contributed by atoms with Crippen LogP contribution in [0.1, 0.15) is 11.7 Å². The second kappa shape index (κ2) is 4.59. The third-order valence-corrected chi connectivity index (χ3v) is 2.62. The van der Waals surface area contributed by atoms with Gasteiger partial charge in [-0.15, -0.1) is 0 Å². The summed E-state index contributed by atoms with van der Waals surface area (Å²) >= 11 is 0. The molecule has 2 rings (SSSR count). The van der Waals surface area contributed by atoms with Gasteiger partial charge in [-0.3, -0.25) is 9.59 Å². The summed E-state index contributed by atoms with van der Waals surface area (Å²) in [5.74, 6) is -1.04. The Kier molecular flexibility index (Phi) is 3.14. The number of carbonyl (C=O) groups excluding carboxylic acids is 1. The van der Waals surface area contributed by atoms with Crippen molar-refractivity contribution in [2.75, 3.05) is 0 Å². The zero-order chi connectivity index (χ0) is 13.3. The van der Waals surface area contributed by atoms with Crippen LogP contribution >= 0.6 is 0 Å². The van der Waals surface area contributed by atoms with Gasteiger partial charge in [-0.1, -0.05) is 6.07 Å². The minimum absolute atomic E-state index is 0.215. The molecule has 0 aliphatic heterocycles. The van der Waals surface area contributed by atoms with Crippen LogP contribution in [0.5, 0.6) is 0 Å². The van der Waals surface area contributed by atoms with E-state index in [2.05, 4.69) is 0 Å². The topological polar surface area (TPSA) is 114 Å². The van der Waals surface area contributed by atoms with Crippen molar-refractivity contribution in [1.29, 1.82) is 0 Å². The summed E-state index contributed by atoms with van der Waals surface area (Å²) < 4.78 is 5.10. The molecule has 1 aromatic heterocycles. The molecule has 2 aromatic rings. The number of amides is 1. The fourth-order valence-corrected chi connectivity index (χ4v) is 1.62. The summed E-state index contributed by atoms with van der Waals surface area (Å²) in [5.41, 5.74) is 5.18. The third-order valence-electron chi connectivity index (χ3n) is 2.62. The lowest BCUT2D eigenvalue weighted by atomic mass is 10.0. The van der Waals surface area contributed by atoms with Crippen molar-refractivity contribution in [1.82, 2.24) is 0 Å². The highest BCUT2D eigenvalue weighted by molar-refractivity contribution is 5.80. The van der Waals surface area contributed by atoms with Crippen LogP contribution in [-0.4, -0.2) is 22.2 Å². The van der Waals surface area contributed by atoms with Gasteiger partial charge in [0, 0.05) is 6.07 Å². The average Bonchev–Trinajstić information content (AvgIpc) is 2.37. The molecule has 2 atom stereocenters. The van der Waals surface area contributed by atoms with Crippen LogP contribution in [0.3, 0.4) is 0 Å². The Morgan fingerprint density at radius 3 is 2.67 bits per heavy atom. The summed E-state index contributed by atoms with van der Waals surface area (Å²) in [6.07, 6.45) is -1.94. The molecular formula is C12H11NO5. The van der Waals surface area contributed by atoms with Crippen LogP contribution in [0, 0.1) is 0 Å². The van der Waals surface area contributed by atoms with Gasteiger partial charge in [-0.25, -0.2) is 0 Å². The Labute approximate surface area is 101 Å². The number of hydrogen-bond donors (Lipinski definition) is 3. The van der Waals surface area contributed by atoms with E-state index < -0.39 is 18.1 Å². The summed E-state index contributed by atoms with van der Waals surface area (Å²) in [6.45, 7) is 0. The molecule has 1 amide bonds. The number of aliphatic hydroxyl groups is 2. The van der Waals surface area contributed by atoms with E-state index in [0.29, 0.717) is 5.58 Å². The predicted octanol–water partition coefficient (Wildman–Crippen LogP) is -0.327. The molecular weight excluding hydrogens is 238 g/mol. The van der Waals surface area contributed by atoms with Gasteiger partial charge < -0.3 is 20.4 Å². The summed E-state index contributed by atoms with van der Waals surface area (Å²) in [5, 5.41) is 19.3. The number of fused-ring (bicyclic) bond motifs is 1. The van der Waals surface area contributed by atoms with Crippen LogP contribution in [0.15, 0.2) is 39.7 Å². The molecule has 0 radical (unpaired) electrons. The van der Waals surface area contributed by atoms with Gasteiger partial charge in [0.1, 0.15) is 11.7 Å². The molecule has 2 unspecified atom stereocenters. The molecule has 0 aliphatic carbocycles. The van der Waals surface area contributed by atoms with Crippen molar-refractivity contribution in [3.8, 4) is 0 Å². The normalized spacial score (nSPS) is 14.3. The highest BCUT2D eigenvalue weighted by Gasteiger charge is 2.23. The van der Waals surface area contributed by atoms with E-state index in [1.165, 1.54) is 30.5 Å². The first-order valence-corrected chi connectivity index (χ1v) is 5.17. The van der Waals surface area contributed by atoms with Crippen molar-refractivity contribution in [3.05, 3.63) is 46.3 Å². The van der Waals surface area contributed by atoms with Crippen LogP contribution in [0.4, 0.5) is 0 Å². The fourth-order valence-electron chi connectivity index (χ4n) is 1.62. The lowest BCUT2D eigenvalue weighted by Gasteiger charge is -2.15. The van der Waals surface area contributed by atoms with E-state index >= 15 is 0 Å². The Bertz CT molecular complexity index is 648. The smallest absolute Gasteiger partial charge is 0.249 e. The van der Waals surface area contributed by atoms with E-state index in [9.17, 15) is 19.8 Å². The van der Waals surface area contributed by atoms with Crippen LogP contribution in [0.2, 0.25) is 0 Å². The summed E-state index contributed by atoms with van der Waals surface area (Å²) in [7, 11) is 0. The Hall–Kier alpha value is -2.18. The van der Waals surface area contributed by atoms with Gasteiger partial charge in [0.25, 0.3) is 0 Å². The lowest BCUT2D eigenvalue weighted by molar-refractivity contribution is -0.131. The summed E-state index contributed by atoms with van der Waals surface area (Å²) in [6, 6.07) is 5.52. The first-order chi connectivity index (χ1) is 8.50. The maximum Gasteiger partial charge on any atom is 0.249 e. The van der Waals surface area contributed by atoms with E-state index in [0.717, 1.165) is 0 Å².